The van der Waals surface area contributed by atoms with Crippen molar-refractivity contribution >= 4 is 23.7 Å². The van der Waals surface area contributed by atoms with Gasteiger partial charge in [0.2, 0.25) is 0 Å². The molecule has 0 heterocycles. The van der Waals surface area contributed by atoms with Gasteiger partial charge in [-0.3, -0.25) is 25.0 Å². The van der Waals surface area contributed by atoms with Crippen molar-refractivity contribution in [2.45, 2.75) is 0 Å². The van der Waals surface area contributed by atoms with Gasteiger partial charge in [-0.2, -0.15) is 0 Å². The molecule has 7 heteroatoms. The molecule has 1 aromatic carbocycles. The molecule has 82 valence electrons. The highest BCUT2D eigenvalue weighted by Crippen LogP contribution is 2.25. The van der Waals surface area contributed by atoms with Gasteiger partial charge in [-0.1, -0.05) is 0 Å². The van der Waals surface area contributed by atoms with Crippen LogP contribution >= 0.6 is 0 Å². The fourth-order valence-corrected chi connectivity index (χ4v) is 1.09. The minimum Gasteiger partial charge on any atom is -0.299 e. The predicted molar refractivity (Wildman–Crippen MR) is 54.8 cm³/mol. The topological polar surface area (TPSA) is 103 Å². The fraction of sp³-hybridized carbons (Fsp3) is 0. The first kappa shape index (κ1) is 11.5. The summed E-state index contributed by atoms with van der Waals surface area (Å²) in [6.07, 6.45) is 2.76. The minimum atomic E-state index is -0.739. The third-order valence-electron chi connectivity index (χ3n) is 1.78. The van der Waals surface area contributed by atoms with Crippen LogP contribution in [-0.4, -0.2) is 16.1 Å². The second kappa shape index (κ2) is 4.78. The number of benzene rings is 1. The van der Waals surface area contributed by atoms with Crippen LogP contribution in [0, 0.1) is 20.2 Å². The highest BCUT2D eigenvalue weighted by molar-refractivity contribution is 5.76. The van der Waals surface area contributed by atoms with Crippen LogP contribution in [0.15, 0.2) is 24.3 Å². The van der Waals surface area contributed by atoms with Crippen LogP contribution in [-0.2, 0) is 4.79 Å². The number of aldehydes is 1. The second-order valence-corrected chi connectivity index (χ2v) is 2.75. The first-order valence-corrected chi connectivity index (χ1v) is 4.11. The van der Waals surface area contributed by atoms with E-state index in [1.807, 2.05) is 0 Å². The number of carbonyl (C=O) groups is 1. The van der Waals surface area contributed by atoms with Crippen molar-refractivity contribution in [3.63, 3.8) is 0 Å². The maximum Gasteiger partial charge on any atom is 0.283 e. The van der Waals surface area contributed by atoms with Gasteiger partial charge in [0.15, 0.2) is 0 Å². The van der Waals surface area contributed by atoms with Gasteiger partial charge < -0.3 is 0 Å². The van der Waals surface area contributed by atoms with E-state index in [-0.39, 0.29) is 11.3 Å². The van der Waals surface area contributed by atoms with Crippen molar-refractivity contribution in [3.8, 4) is 0 Å². The zero-order valence-electron chi connectivity index (χ0n) is 7.90. The summed E-state index contributed by atoms with van der Waals surface area (Å²) in [6, 6.07) is 3.21. The number of nitro benzene ring substituents is 2. The third-order valence-corrected chi connectivity index (χ3v) is 1.78. The molecule has 0 amide bonds. The molecule has 0 saturated heterocycles. The van der Waals surface area contributed by atoms with Gasteiger partial charge in [-0.15, -0.1) is 0 Å². The molecule has 0 radical (unpaired) electrons. The summed E-state index contributed by atoms with van der Waals surface area (Å²) in [6.45, 7) is 0. The van der Waals surface area contributed by atoms with Crippen LogP contribution in [0.1, 0.15) is 5.56 Å². The number of non-ortho nitro benzene ring substituents is 1. The van der Waals surface area contributed by atoms with Crippen molar-refractivity contribution in [1.29, 1.82) is 0 Å². The number of hydrogen-bond donors (Lipinski definition) is 0. The molecule has 1 rings (SSSR count). The van der Waals surface area contributed by atoms with Crippen LogP contribution in [0.25, 0.3) is 6.08 Å². The van der Waals surface area contributed by atoms with E-state index < -0.39 is 15.5 Å². The van der Waals surface area contributed by atoms with E-state index in [4.69, 9.17) is 0 Å². The van der Waals surface area contributed by atoms with Crippen LogP contribution < -0.4 is 0 Å². The molecule has 0 N–H and O–H groups in total. The standard InChI is InChI=1S/C9H6N2O5/c12-5-1-2-7-3-4-8(10(13)14)6-9(7)11(15)16/h1-6H. The Labute approximate surface area is 89.3 Å². The van der Waals surface area contributed by atoms with Gasteiger partial charge in [-0.05, 0) is 18.2 Å². The average Bonchev–Trinajstić information content (AvgIpc) is 2.25. The Bertz CT molecular complexity index is 481. The molecule has 0 aliphatic rings. The van der Waals surface area contributed by atoms with Gasteiger partial charge in [0, 0.05) is 6.07 Å². The molecule has 0 bridgehead atoms. The maximum absolute atomic E-state index is 10.6. The highest BCUT2D eigenvalue weighted by atomic mass is 16.6. The molecule has 1 aromatic rings. The number of hydrogen-bond acceptors (Lipinski definition) is 5. The first-order valence-electron chi connectivity index (χ1n) is 4.11. The van der Waals surface area contributed by atoms with Crippen molar-refractivity contribution in [3.05, 3.63) is 50.1 Å². The molecular formula is C9H6N2O5. The van der Waals surface area contributed by atoms with Crippen LogP contribution in [0.4, 0.5) is 11.4 Å². The number of carbonyl (C=O) groups excluding carboxylic acids is 1. The number of nitrogens with zero attached hydrogens (tertiary/aromatic N) is 2. The van der Waals surface area contributed by atoms with E-state index in [1.165, 1.54) is 12.1 Å². The lowest BCUT2D eigenvalue weighted by atomic mass is 10.1. The van der Waals surface area contributed by atoms with E-state index in [1.54, 1.807) is 0 Å². The summed E-state index contributed by atoms with van der Waals surface area (Å²) in [4.78, 5) is 29.6. The lowest BCUT2D eigenvalue weighted by molar-refractivity contribution is -0.394. The van der Waals surface area contributed by atoms with Crippen LogP contribution in [0.5, 0.6) is 0 Å². The predicted octanol–water partition coefficient (Wildman–Crippen LogP) is 1.72. The molecule has 0 aromatic heterocycles. The second-order valence-electron chi connectivity index (χ2n) is 2.75. The summed E-state index contributed by atoms with van der Waals surface area (Å²) in [5.41, 5.74) is -0.634. The minimum absolute atomic E-state index is 0.141. The van der Waals surface area contributed by atoms with Gasteiger partial charge in [0.1, 0.15) is 6.29 Å². The zero-order chi connectivity index (χ0) is 12.1. The normalized spacial score (nSPS) is 10.2. The van der Waals surface area contributed by atoms with Gasteiger partial charge in [0.05, 0.1) is 21.5 Å². The first-order chi connectivity index (χ1) is 7.56. The highest BCUT2D eigenvalue weighted by Gasteiger charge is 2.17. The van der Waals surface area contributed by atoms with Crippen molar-refractivity contribution in [2.24, 2.45) is 0 Å². The fourth-order valence-electron chi connectivity index (χ4n) is 1.09. The number of rotatable bonds is 4. The summed E-state index contributed by atoms with van der Waals surface area (Å²) in [5, 5.41) is 21.0. The Morgan fingerprint density at radius 1 is 1.12 bits per heavy atom. The number of nitro groups is 2. The maximum atomic E-state index is 10.6. The SMILES string of the molecule is O=CC=Cc1ccc([N+](=O)[O-])cc1[N+](=O)[O-]. The van der Waals surface area contributed by atoms with E-state index in [2.05, 4.69) is 0 Å². The molecule has 0 unspecified atom stereocenters. The van der Waals surface area contributed by atoms with Crippen LogP contribution in [0.3, 0.4) is 0 Å². The van der Waals surface area contributed by atoms with Gasteiger partial charge in [-0.25, -0.2) is 0 Å². The Balaban J connectivity index is 3.29. The molecule has 0 atom stereocenters. The van der Waals surface area contributed by atoms with E-state index in [9.17, 15) is 25.0 Å². The van der Waals surface area contributed by atoms with Gasteiger partial charge in [0.25, 0.3) is 11.4 Å². The Hall–Kier alpha value is -2.57. The summed E-state index contributed by atoms with van der Waals surface area (Å²) in [7, 11) is 0. The molecular weight excluding hydrogens is 216 g/mol. The molecule has 7 nitrogen and oxygen atoms in total. The molecule has 0 fully saturated rings. The molecule has 0 spiro atoms. The summed E-state index contributed by atoms with van der Waals surface area (Å²) in [5.74, 6) is 0. The lowest BCUT2D eigenvalue weighted by Gasteiger charge is -1.96. The molecule has 0 saturated carbocycles. The number of allylic oxidation sites excluding steroid dienone is 1. The van der Waals surface area contributed by atoms with Gasteiger partial charge >= 0.3 is 0 Å². The quantitative estimate of drug-likeness (QED) is 0.334. The van der Waals surface area contributed by atoms with Crippen molar-refractivity contribution in [2.75, 3.05) is 0 Å². The Morgan fingerprint density at radius 3 is 2.31 bits per heavy atom. The van der Waals surface area contributed by atoms with Crippen molar-refractivity contribution in [1.82, 2.24) is 0 Å². The monoisotopic (exact) mass is 222 g/mol. The molecule has 0 aliphatic heterocycles. The van der Waals surface area contributed by atoms with E-state index in [0.717, 1.165) is 18.2 Å². The summed E-state index contributed by atoms with van der Waals surface area (Å²) < 4.78 is 0. The zero-order valence-corrected chi connectivity index (χ0v) is 7.90. The Morgan fingerprint density at radius 2 is 1.81 bits per heavy atom. The summed E-state index contributed by atoms with van der Waals surface area (Å²) >= 11 is 0. The van der Waals surface area contributed by atoms with E-state index in [0.29, 0.717) is 6.29 Å². The lowest BCUT2D eigenvalue weighted by Crippen LogP contribution is -1.94. The largest absolute Gasteiger partial charge is 0.299 e. The Kier molecular flexibility index (Phi) is 3.44. The van der Waals surface area contributed by atoms with Crippen LogP contribution in [0.2, 0.25) is 0 Å². The molecule has 16 heavy (non-hydrogen) atoms. The third kappa shape index (κ3) is 2.47. The van der Waals surface area contributed by atoms with Crippen molar-refractivity contribution < 1.29 is 14.6 Å². The smallest absolute Gasteiger partial charge is 0.283 e. The average molecular weight is 222 g/mol. The van der Waals surface area contributed by atoms with E-state index >= 15 is 0 Å². The molecule has 0 aliphatic carbocycles.